The number of aromatic nitrogens is 4. The standard InChI is InChI=1S/C13H16N6O/c1-8(14)12(20)17-13(4-5-13)11-3-2-10(18-19-11)9-6-15-16-7-9/h2-3,6-8H,4-5,14H2,1H3,(H,15,16)(H,17,20)/t8-/m0/s1. The van der Waals surface area contributed by atoms with Crippen LogP contribution in [0.15, 0.2) is 24.5 Å². The van der Waals surface area contributed by atoms with Gasteiger partial charge in [0.2, 0.25) is 5.91 Å². The lowest BCUT2D eigenvalue weighted by molar-refractivity contribution is -0.123. The predicted octanol–water partition coefficient (Wildman–Crippen LogP) is 0.319. The first-order chi connectivity index (χ1) is 9.61. The molecule has 0 aromatic carbocycles. The molecular weight excluding hydrogens is 256 g/mol. The first-order valence-corrected chi connectivity index (χ1v) is 6.52. The van der Waals surface area contributed by atoms with E-state index in [1.54, 1.807) is 19.3 Å². The Morgan fingerprint density at radius 1 is 1.45 bits per heavy atom. The average Bonchev–Trinajstić information content (AvgIpc) is 3.02. The van der Waals surface area contributed by atoms with E-state index in [0.717, 1.165) is 29.8 Å². The molecular formula is C13H16N6O. The van der Waals surface area contributed by atoms with E-state index in [1.807, 2.05) is 12.1 Å². The SMILES string of the molecule is C[C@H](N)C(=O)NC1(c2ccc(-c3cn[nH]c3)nn2)CC1. The Bertz CT molecular complexity index is 600. The van der Waals surface area contributed by atoms with Crippen molar-refractivity contribution >= 4 is 5.91 Å². The molecule has 0 aliphatic heterocycles. The molecule has 1 amide bonds. The van der Waals surface area contributed by atoms with Crippen LogP contribution < -0.4 is 11.1 Å². The van der Waals surface area contributed by atoms with Crippen LogP contribution in [0.3, 0.4) is 0 Å². The molecule has 104 valence electrons. The van der Waals surface area contributed by atoms with Crippen LogP contribution in [0.4, 0.5) is 0 Å². The summed E-state index contributed by atoms with van der Waals surface area (Å²) in [6.07, 6.45) is 5.18. The molecule has 2 aromatic heterocycles. The Morgan fingerprint density at radius 3 is 2.75 bits per heavy atom. The zero-order chi connectivity index (χ0) is 14.2. The summed E-state index contributed by atoms with van der Waals surface area (Å²) in [5.74, 6) is -0.164. The summed E-state index contributed by atoms with van der Waals surface area (Å²) in [6.45, 7) is 1.67. The topological polar surface area (TPSA) is 110 Å². The third-order valence-electron chi connectivity index (χ3n) is 3.47. The van der Waals surface area contributed by atoms with Crippen LogP contribution >= 0.6 is 0 Å². The van der Waals surface area contributed by atoms with Crippen LogP contribution in [-0.4, -0.2) is 32.3 Å². The van der Waals surface area contributed by atoms with Crippen LogP contribution in [0.2, 0.25) is 0 Å². The maximum Gasteiger partial charge on any atom is 0.237 e. The number of carbonyl (C=O) groups is 1. The van der Waals surface area contributed by atoms with E-state index in [0.29, 0.717) is 0 Å². The zero-order valence-corrected chi connectivity index (χ0v) is 11.1. The molecule has 1 aliphatic carbocycles. The number of rotatable bonds is 4. The lowest BCUT2D eigenvalue weighted by Crippen LogP contribution is -2.44. The number of nitrogens with two attached hydrogens (primary N) is 1. The third kappa shape index (κ3) is 2.27. The Labute approximate surface area is 116 Å². The number of carbonyl (C=O) groups excluding carboxylic acids is 1. The minimum atomic E-state index is -0.523. The van der Waals surface area contributed by atoms with Crippen molar-refractivity contribution in [1.29, 1.82) is 0 Å². The summed E-state index contributed by atoms with van der Waals surface area (Å²) in [5.41, 5.74) is 7.60. The summed E-state index contributed by atoms with van der Waals surface area (Å²) in [6, 6.07) is 3.25. The fraction of sp³-hybridized carbons (Fsp3) is 0.385. The van der Waals surface area contributed by atoms with Gasteiger partial charge in [0.25, 0.3) is 0 Å². The number of aromatic amines is 1. The molecule has 0 radical (unpaired) electrons. The summed E-state index contributed by atoms with van der Waals surface area (Å²) < 4.78 is 0. The average molecular weight is 272 g/mol. The van der Waals surface area contributed by atoms with E-state index in [-0.39, 0.29) is 11.4 Å². The highest BCUT2D eigenvalue weighted by Crippen LogP contribution is 2.44. The molecule has 1 aliphatic rings. The van der Waals surface area contributed by atoms with Crippen LogP contribution in [0.1, 0.15) is 25.5 Å². The second-order valence-electron chi connectivity index (χ2n) is 5.15. The molecule has 3 rings (SSSR count). The molecule has 0 bridgehead atoms. The number of hydrogen-bond donors (Lipinski definition) is 3. The Kier molecular flexibility index (Phi) is 2.98. The van der Waals surface area contributed by atoms with Gasteiger partial charge >= 0.3 is 0 Å². The van der Waals surface area contributed by atoms with E-state index in [9.17, 15) is 4.79 Å². The molecule has 20 heavy (non-hydrogen) atoms. The molecule has 1 fully saturated rings. The lowest BCUT2D eigenvalue weighted by Gasteiger charge is -2.18. The molecule has 0 unspecified atom stereocenters. The molecule has 4 N–H and O–H groups in total. The van der Waals surface area contributed by atoms with Gasteiger partial charge in [0.15, 0.2) is 0 Å². The molecule has 7 heteroatoms. The minimum Gasteiger partial charge on any atom is -0.344 e. The van der Waals surface area contributed by atoms with Crippen LogP contribution in [0.5, 0.6) is 0 Å². The van der Waals surface area contributed by atoms with E-state index in [1.165, 1.54) is 0 Å². The monoisotopic (exact) mass is 272 g/mol. The molecule has 2 heterocycles. The van der Waals surface area contributed by atoms with Crippen LogP contribution in [0, 0.1) is 0 Å². The normalized spacial score (nSPS) is 17.5. The van der Waals surface area contributed by atoms with Gasteiger partial charge in [-0.25, -0.2) is 0 Å². The first kappa shape index (κ1) is 12.7. The fourth-order valence-electron chi connectivity index (χ4n) is 2.05. The van der Waals surface area contributed by atoms with Gasteiger partial charge in [-0.05, 0) is 31.9 Å². The number of amides is 1. The highest BCUT2D eigenvalue weighted by molar-refractivity contribution is 5.82. The number of nitrogens with zero attached hydrogens (tertiary/aromatic N) is 3. The molecule has 1 saturated carbocycles. The molecule has 7 nitrogen and oxygen atoms in total. The van der Waals surface area contributed by atoms with Gasteiger partial charge in [-0.3, -0.25) is 9.89 Å². The number of hydrogen-bond acceptors (Lipinski definition) is 5. The summed E-state index contributed by atoms with van der Waals surface area (Å²) in [4.78, 5) is 11.7. The summed E-state index contributed by atoms with van der Waals surface area (Å²) >= 11 is 0. The van der Waals surface area contributed by atoms with E-state index < -0.39 is 6.04 Å². The second-order valence-corrected chi connectivity index (χ2v) is 5.15. The van der Waals surface area contributed by atoms with Crippen molar-refractivity contribution in [3.05, 3.63) is 30.2 Å². The van der Waals surface area contributed by atoms with Crippen molar-refractivity contribution < 1.29 is 4.79 Å². The predicted molar refractivity (Wildman–Crippen MR) is 72.3 cm³/mol. The van der Waals surface area contributed by atoms with Gasteiger partial charge in [0.1, 0.15) is 0 Å². The second kappa shape index (κ2) is 4.68. The van der Waals surface area contributed by atoms with Crippen LogP contribution in [0.25, 0.3) is 11.3 Å². The molecule has 2 aromatic rings. The van der Waals surface area contributed by atoms with E-state index in [2.05, 4.69) is 25.7 Å². The van der Waals surface area contributed by atoms with Crippen molar-refractivity contribution in [3.8, 4) is 11.3 Å². The molecule has 1 atom stereocenters. The molecule has 0 saturated heterocycles. The Morgan fingerprint density at radius 2 is 2.25 bits per heavy atom. The lowest BCUT2D eigenvalue weighted by atomic mass is 10.1. The quantitative estimate of drug-likeness (QED) is 0.742. The Hall–Kier alpha value is -2.28. The van der Waals surface area contributed by atoms with Gasteiger partial charge in [-0.15, -0.1) is 0 Å². The van der Waals surface area contributed by atoms with E-state index in [4.69, 9.17) is 5.73 Å². The maximum absolute atomic E-state index is 11.7. The highest BCUT2D eigenvalue weighted by atomic mass is 16.2. The first-order valence-electron chi connectivity index (χ1n) is 6.52. The largest absolute Gasteiger partial charge is 0.344 e. The van der Waals surface area contributed by atoms with Gasteiger partial charge in [0, 0.05) is 11.8 Å². The number of nitrogens with one attached hydrogen (secondary N) is 2. The molecule has 0 spiro atoms. The Balaban J connectivity index is 1.79. The summed E-state index contributed by atoms with van der Waals surface area (Å²) in [7, 11) is 0. The van der Waals surface area contributed by atoms with E-state index >= 15 is 0 Å². The van der Waals surface area contributed by atoms with Gasteiger partial charge in [-0.1, -0.05) is 0 Å². The third-order valence-corrected chi connectivity index (χ3v) is 3.47. The van der Waals surface area contributed by atoms with Crippen LogP contribution in [-0.2, 0) is 10.3 Å². The smallest absolute Gasteiger partial charge is 0.237 e. The minimum absolute atomic E-state index is 0.164. The highest BCUT2D eigenvalue weighted by Gasteiger charge is 2.47. The van der Waals surface area contributed by atoms with Crippen molar-refractivity contribution in [2.75, 3.05) is 0 Å². The van der Waals surface area contributed by atoms with Crippen molar-refractivity contribution in [2.45, 2.75) is 31.3 Å². The van der Waals surface area contributed by atoms with Crippen molar-refractivity contribution in [2.24, 2.45) is 5.73 Å². The maximum atomic E-state index is 11.7. The van der Waals surface area contributed by atoms with Gasteiger partial charge in [0.05, 0.1) is 29.2 Å². The fourth-order valence-corrected chi connectivity index (χ4v) is 2.05. The van der Waals surface area contributed by atoms with Crippen molar-refractivity contribution in [3.63, 3.8) is 0 Å². The zero-order valence-electron chi connectivity index (χ0n) is 11.1. The van der Waals surface area contributed by atoms with Crippen molar-refractivity contribution in [1.82, 2.24) is 25.7 Å². The van der Waals surface area contributed by atoms with Gasteiger partial charge < -0.3 is 11.1 Å². The van der Waals surface area contributed by atoms with Gasteiger partial charge in [-0.2, -0.15) is 15.3 Å². The number of H-pyrrole nitrogens is 1. The summed E-state index contributed by atoms with van der Waals surface area (Å²) in [5, 5.41) is 18.0.